The summed E-state index contributed by atoms with van der Waals surface area (Å²) in [5.41, 5.74) is 3.07. The second-order valence-corrected chi connectivity index (χ2v) is 6.16. The van der Waals surface area contributed by atoms with E-state index < -0.39 is 6.10 Å². The van der Waals surface area contributed by atoms with Crippen molar-refractivity contribution in [3.63, 3.8) is 0 Å². The lowest BCUT2D eigenvalue weighted by atomic mass is 9.98. The van der Waals surface area contributed by atoms with Crippen molar-refractivity contribution in [2.75, 3.05) is 11.6 Å². The van der Waals surface area contributed by atoms with Gasteiger partial charge in [-0.2, -0.15) is 0 Å². The van der Waals surface area contributed by atoms with E-state index in [0.29, 0.717) is 17.0 Å². The highest BCUT2D eigenvalue weighted by Crippen LogP contribution is 2.37. The van der Waals surface area contributed by atoms with E-state index in [1.165, 1.54) is 0 Å². The molecule has 2 aromatic carbocycles. The molecule has 0 fully saturated rings. The number of hydrogen-bond acceptors (Lipinski definition) is 3. The highest BCUT2D eigenvalue weighted by molar-refractivity contribution is 7.98. The minimum Gasteiger partial charge on any atom is -0.384 e. The maximum Gasteiger partial charge on any atom is 0.228 e. The van der Waals surface area contributed by atoms with Gasteiger partial charge in [0.2, 0.25) is 5.91 Å². The highest BCUT2D eigenvalue weighted by atomic mass is 35.5. The Morgan fingerprint density at radius 3 is 2.81 bits per heavy atom. The third kappa shape index (κ3) is 2.67. The molecule has 1 atom stereocenters. The van der Waals surface area contributed by atoms with E-state index in [0.717, 1.165) is 21.7 Å². The zero-order valence-corrected chi connectivity index (χ0v) is 13.0. The van der Waals surface area contributed by atoms with E-state index in [-0.39, 0.29) is 5.91 Å². The first kappa shape index (κ1) is 14.4. The molecule has 0 saturated heterocycles. The van der Waals surface area contributed by atoms with Crippen LogP contribution in [0.15, 0.2) is 41.3 Å². The van der Waals surface area contributed by atoms with Gasteiger partial charge in [-0.25, -0.2) is 0 Å². The fourth-order valence-corrected chi connectivity index (χ4v) is 3.43. The third-order valence-corrected chi connectivity index (χ3v) is 4.71. The number of nitrogens with one attached hydrogen (secondary N) is 1. The molecule has 21 heavy (non-hydrogen) atoms. The van der Waals surface area contributed by atoms with Crippen molar-refractivity contribution in [1.82, 2.24) is 0 Å². The van der Waals surface area contributed by atoms with Crippen molar-refractivity contribution < 1.29 is 9.90 Å². The number of aliphatic hydroxyl groups excluding tert-OH is 1. The molecule has 2 aromatic rings. The molecule has 0 aliphatic carbocycles. The molecule has 5 heteroatoms. The number of amides is 1. The van der Waals surface area contributed by atoms with Crippen molar-refractivity contribution in [1.29, 1.82) is 0 Å². The lowest BCUT2D eigenvalue weighted by Crippen LogP contribution is -2.03. The fraction of sp³-hybridized carbons (Fsp3) is 0.188. The lowest BCUT2D eigenvalue weighted by Gasteiger charge is -2.17. The molecular weight excluding hydrogens is 306 g/mol. The molecule has 108 valence electrons. The zero-order chi connectivity index (χ0) is 15.0. The monoisotopic (exact) mass is 319 g/mol. The first-order chi connectivity index (χ1) is 10.1. The Morgan fingerprint density at radius 2 is 2.05 bits per heavy atom. The first-order valence-electron chi connectivity index (χ1n) is 6.53. The summed E-state index contributed by atoms with van der Waals surface area (Å²) in [6, 6.07) is 11.2. The molecule has 1 heterocycles. The summed E-state index contributed by atoms with van der Waals surface area (Å²) in [5, 5.41) is 13.9. The van der Waals surface area contributed by atoms with E-state index in [1.54, 1.807) is 17.8 Å². The van der Waals surface area contributed by atoms with Crippen molar-refractivity contribution in [3.8, 4) is 0 Å². The van der Waals surface area contributed by atoms with Crippen LogP contribution >= 0.6 is 23.4 Å². The number of benzene rings is 2. The molecule has 0 spiro atoms. The Bertz CT molecular complexity index is 717. The number of anilines is 1. The first-order valence-corrected chi connectivity index (χ1v) is 8.13. The van der Waals surface area contributed by atoms with Crippen LogP contribution in [0.4, 0.5) is 5.69 Å². The largest absolute Gasteiger partial charge is 0.384 e. The van der Waals surface area contributed by atoms with Crippen molar-refractivity contribution >= 4 is 35.0 Å². The Morgan fingerprint density at radius 1 is 1.29 bits per heavy atom. The van der Waals surface area contributed by atoms with Gasteiger partial charge in [0.25, 0.3) is 0 Å². The number of halogens is 1. The normalized spacial score (nSPS) is 14.7. The summed E-state index contributed by atoms with van der Waals surface area (Å²) in [6.45, 7) is 0. The van der Waals surface area contributed by atoms with E-state index in [1.807, 2.05) is 36.6 Å². The number of carbonyl (C=O) groups excluding carboxylic acids is 1. The molecular formula is C16H14ClNO2S. The van der Waals surface area contributed by atoms with Gasteiger partial charge in [-0.1, -0.05) is 29.8 Å². The number of thioether (sulfide) groups is 1. The second kappa shape index (κ2) is 5.72. The quantitative estimate of drug-likeness (QED) is 0.849. The van der Waals surface area contributed by atoms with Gasteiger partial charge < -0.3 is 10.4 Å². The van der Waals surface area contributed by atoms with Gasteiger partial charge in [0.05, 0.1) is 6.42 Å². The molecule has 1 unspecified atom stereocenters. The zero-order valence-electron chi connectivity index (χ0n) is 11.4. The van der Waals surface area contributed by atoms with E-state index in [4.69, 9.17) is 11.6 Å². The Labute approximate surface area is 132 Å². The Kier molecular flexibility index (Phi) is 3.93. The van der Waals surface area contributed by atoms with E-state index in [2.05, 4.69) is 5.32 Å². The number of fused-ring (bicyclic) bond motifs is 1. The maximum atomic E-state index is 11.4. The summed E-state index contributed by atoms with van der Waals surface area (Å²) < 4.78 is 0. The van der Waals surface area contributed by atoms with Crippen LogP contribution < -0.4 is 5.32 Å². The van der Waals surface area contributed by atoms with Crippen LogP contribution in [0.25, 0.3) is 0 Å². The van der Waals surface area contributed by atoms with Gasteiger partial charge >= 0.3 is 0 Å². The number of hydrogen-bond donors (Lipinski definition) is 2. The van der Waals surface area contributed by atoms with Crippen molar-refractivity contribution in [2.24, 2.45) is 0 Å². The lowest BCUT2D eigenvalue weighted by molar-refractivity contribution is -0.115. The standard InChI is InChI=1S/C16H14ClNO2S/c1-21-14-5-3-2-4-10(14)16(20)11-6-9-7-15(19)18-13(9)8-12(11)17/h2-6,8,16,20H,7H2,1H3,(H,18,19). The highest BCUT2D eigenvalue weighted by Gasteiger charge is 2.23. The summed E-state index contributed by atoms with van der Waals surface area (Å²) in [7, 11) is 0. The van der Waals surface area contributed by atoms with Gasteiger partial charge in [0, 0.05) is 21.2 Å². The molecule has 1 aliphatic rings. The van der Waals surface area contributed by atoms with Crippen LogP contribution in [0.2, 0.25) is 5.02 Å². The van der Waals surface area contributed by atoms with Gasteiger partial charge in [0.1, 0.15) is 6.10 Å². The molecule has 0 saturated carbocycles. The molecule has 0 radical (unpaired) electrons. The molecule has 2 N–H and O–H groups in total. The van der Waals surface area contributed by atoms with Crippen LogP contribution in [0.3, 0.4) is 0 Å². The topological polar surface area (TPSA) is 49.3 Å². The Balaban J connectivity index is 2.04. The van der Waals surface area contributed by atoms with Crippen LogP contribution in [-0.2, 0) is 11.2 Å². The van der Waals surface area contributed by atoms with E-state index >= 15 is 0 Å². The summed E-state index contributed by atoms with van der Waals surface area (Å²) in [6.07, 6.45) is 1.50. The van der Waals surface area contributed by atoms with Crippen molar-refractivity contribution in [3.05, 3.63) is 58.1 Å². The molecule has 1 amide bonds. The molecule has 3 nitrogen and oxygen atoms in total. The Hall–Kier alpha value is -1.49. The summed E-state index contributed by atoms with van der Waals surface area (Å²) in [5.74, 6) is -0.0442. The minimum atomic E-state index is -0.804. The number of rotatable bonds is 3. The van der Waals surface area contributed by atoms with Gasteiger partial charge in [0.15, 0.2) is 0 Å². The minimum absolute atomic E-state index is 0.0442. The maximum absolute atomic E-state index is 11.4. The molecule has 1 aliphatic heterocycles. The SMILES string of the molecule is CSc1ccccc1C(O)c1cc2c(cc1Cl)NC(=O)C2. The second-order valence-electron chi connectivity index (χ2n) is 4.90. The van der Waals surface area contributed by atoms with Gasteiger partial charge in [-0.15, -0.1) is 11.8 Å². The number of aliphatic hydroxyl groups is 1. The molecule has 3 rings (SSSR count). The van der Waals surface area contributed by atoms with Crippen LogP contribution in [-0.4, -0.2) is 17.3 Å². The smallest absolute Gasteiger partial charge is 0.228 e. The molecule has 0 bridgehead atoms. The van der Waals surface area contributed by atoms with Crippen LogP contribution in [0.5, 0.6) is 0 Å². The average Bonchev–Trinajstić information content (AvgIpc) is 2.84. The predicted octanol–water partition coefficient (Wildman–Crippen LogP) is 3.64. The van der Waals surface area contributed by atoms with E-state index in [9.17, 15) is 9.90 Å². The van der Waals surface area contributed by atoms with Gasteiger partial charge in [-0.3, -0.25) is 4.79 Å². The fourth-order valence-electron chi connectivity index (χ4n) is 2.54. The summed E-state index contributed by atoms with van der Waals surface area (Å²) >= 11 is 7.86. The van der Waals surface area contributed by atoms with Crippen LogP contribution in [0.1, 0.15) is 22.8 Å². The molecule has 0 aromatic heterocycles. The summed E-state index contributed by atoms with van der Waals surface area (Å²) in [4.78, 5) is 12.5. The number of carbonyl (C=O) groups is 1. The predicted molar refractivity (Wildman–Crippen MR) is 86.1 cm³/mol. The van der Waals surface area contributed by atoms with Gasteiger partial charge in [-0.05, 0) is 35.6 Å². The third-order valence-electron chi connectivity index (χ3n) is 3.58. The van der Waals surface area contributed by atoms with Crippen LogP contribution in [0, 0.1) is 0 Å². The van der Waals surface area contributed by atoms with Crippen molar-refractivity contribution in [2.45, 2.75) is 17.4 Å². The average molecular weight is 320 g/mol.